The molecule has 1 aliphatic rings. The molecule has 3 aromatic rings. The Morgan fingerprint density at radius 2 is 1.92 bits per heavy atom. The molecule has 0 atom stereocenters. The molecule has 6 heteroatoms. The van der Waals surface area contributed by atoms with E-state index in [1.54, 1.807) is 12.4 Å². The van der Waals surface area contributed by atoms with Crippen molar-refractivity contribution in [2.24, 2.45) is 0 Å². The number of piperazine rings is 1. The van der Waals surface area contributed by atoms with Crippen LogP contribution in [-0.4, -0.2) is 41.1 Å². The zero-order valence-electron chi connectivity index (χ0n) is 13.1. The fraction of sp³-hybridized carbons (Fsp3) is 0.222. The number of hydrogen-bond acceptors (Lipinski definition) is 6. The third-order valence-corrected chi connectivity index (χ3v) is 4.16. The number of anilines is 1. The van der Waals surface area contributed by atoms with E-state index in [0.717, 1.165) is 42.6 Å². The number of nitriles is 1. The number of nitrogens with one attached hydrogen (secondary N) is 1. The average molecular weight is 316 g/mol. The second-order valence-corrected chi connectivity index (χ2v) is 5.70. The molecule has 0 amide bonds. The lowest BCUT2D eigenvalue weighted by Gasteiger charge is -2.27. The number of benzene rings is 1. The number of aromatic nitrogens is 3. The van der Waals surface area contributed by atoms with Gasteiger partial charge in [0.25, 0.3) is 0 Å². The molecule has 0 unspecified atom stereocenters. The Balaban J connectivity index is 1.80. The molecule has 4 rings (SSSR count). The lowest BCUT2D eigenvalue weighted by atomic mass is 10.1. The number of pyridine rings is 1. The molecule has 1 aliphatic heterocycles. The van der Waals surface area contributed by atoms with E-state index >= 15 is 0 Å². The summed E-state index contributed by atoms with van der Waals surface area (Å²) in [5, 5.41) is 13.8. The molecule has 1 aromatic carbocycles. The molecule has 1 saturated heterocycles. The Bertz CT molecular complexity index is 924. The van der Waals surface area contributed by atoms with E-state index in [1.807, 2.05) is 30.3 Å². The molecule has 0 saturated carbocycles. The van der Waals surface area contributed by atoms with Gasteiger partial charge in [0.05, 0.1) is 23.0 Å². The zero-order valence-corrected chi connectivity index (χ0v) is 13.1. The van der Waals surface area contributed by atoms with Crippen LogP contribution < -0.4 is 10.2 Å². The Labute approximate surface area is 139 Å². The highest BCUT2D eigenvalue weighted by Gasteiger charge is 2.16. The molecule has 0 aliphatic carbocycles. The first-order chi connectivity index (χ1) is 11.8. The van der Waals surface area contributed by atoms with Gasteiger partial charge in [-0.3, -0.25) is 4.98 Å². The summed E-state index contributed by atoms with van der Waals surface area (Å²) in [7, 11) is 0. The lowest BCUT2D eigenvalue weighted by Crippen LogP contribution is -2.44. The summed E-state index contributed by atoms with van der Waals surface area (Å²) in [6.45, 7) is 3.55. The molecular weight excluding hydrogens is 300 g/mol. The van der Waals surface area contributed by atoms with Crippen molar-refractivity contribution in [2.45, 2.75) is 0 Å². The predicted molar refractivity (Wildman–Crippen MR) is 92.6 cm³/mol. The van der Waals surface area contributed by atoms with Gasteiger partial charge in [0.15, 0.2) is 0 Å². The van der Waals surface area contributed by atoms with Crippen molar-refractivity contribution in [2.75, 3.05) is 31.1 Å². The van der Waals surface area contributed by atoms with Gasteiger partial charge in [0.2, 0.25) is 5.95 Å². The van der Waals surface area contributed by atoms with Gasteiger partial charge in [-0.05, 0) is 12.1 Å². The third kappa shape index (κ3) is 2.66. The van der Waals surface area contributed by atoms with Gasteiger partial charge < -0.3 is 10.2 Å². The largest absolute Gasteiger partial charge is 0.338 e. The summed E-state index contributed by atoms with van der Waals surface area (Å²) in [4.78, 5) is 15.7. The van der Waals surface area contributed by atoms with Gasteiger partial charge >= 0.3 is 0 Å². The van der Waals surface area contributed by atoms with Crippen LogP contribution in [0.1, 0.15) is 5.56 Å². The monoisotopic (exact) mass is 316 g/mol. The minimum Gasteiger partial charge on any atom is -0.338 e. The summed E-state index contributed by atoms with van der Waals surface area (Å²) in [5.41, 5.74) is 2.87. The summed E-state index contributed by atoms with van der Waals surface area (Å²) in [5.74, 6) is 0.665. The maximum atomic E-state index is 9.42. The lowest BCUT2D eigenvalue weighted by molar-refractivity contribution is 0.580. The Morgan fingerprint density at radius 1 is 1.08 bits per heavy atom. The molecule has 0 spiro atoms. The molecule has 6 nitrogen and oxygen atoms in total. The quantitative estimate of drug-likeness (QED) is 0.779. The van der Waals surface area contributed by atoms with Gasteiger partial charge in [-0.15, -0.1) is 0 Å². The van der Waals surface area contributed by atoms with E-state index in [1.165, 1.54) is 0 Å². The van der Waals surface area contributed by atoms with Crippen LogP contribution in [0.5, 0.6) is 0 Å². The SMILES string of the molecule is N#Cc1cnc(N2CCNCC2)nc1-c1cnc2ccccc2c1. The predicted octanol–water partition coefficient (Wildman–Crippen LogP) is 1.97. The Hall–Kier alpha value is -3.04. The highest BCUT2D eigenvalue weighted by Crippen LogP contribution is 2.25. The Kier molecular flexibility index (Phi) is 3.77. The second kappa shape index (κ2) is 6.22. The Morgan fingerprint density at radius 3 is 2.75 bits per heavy atom. The molecule has 1 N–H and O–H groups in total. The van der Waals surface area contributed by atoms with Gasteiger partial charge in [-0.1, -0.05) is 18.2 Å². The fourth-order valence-electron chi connectivity index (χ4n) is 2.89. The van der Waals surface area contributed by atoms with Crippen molar-refractivity contribution in [3.8, 4) is 17.3 Å². The van der Waals surface area contributed by atoms with E-state index in [4.69, 9.17) is 0 Å². The maximum Gasteiger partial charge on any atom is 0.226 e. The normalized spacial score (nSPS) is 14.5. The van der Waals surface area contributed by atoms with E-state index < -0.39 is 0 Å². The number of hydrogen-bond donors (Lipinski definition) is 1. The molecule has 0 bridgehead atoms. The van der Waals surface area contributed by atoms with Crippen molar-refractivity contribution >= 4 is 16.9 Å². The molecular formula is C18H16N6. The minimum absolute atomic E-state index is 0.464. The van der Waals surface area contributed by atoms with Crippen molar-refractivity contribution in [3.63, 3.8) is 0 Å². The fourth-order valence-corrected chi connectivity index (χ4v) is 2.89. The van der Waals surface area contributed by atoms with E-state index in [9.17, 15) is 5.26 Å². The van der Waals surface area contributed by atoms with Crippen molar-refractivity contribution in [1.29, 1.82) is 5.26 Å². The maximum absolute atomic E-state index is 9.42. The summed E-state index contributed by atoms with van der Waals surface area (Å²) in [6, 6.07) is 12.1. The first-order valence-corrected chi connectivity index (χ1v) is 7.93. The van der Waals surface area contributed by atoms with E-state index in [-0.39, 0.29) is 0 Å². The standard InChI is InChI=1S/C18H16N6/c19-10-15-12-22-18(24-7-5-20-6-8-24)23-17(15)14-9-13-3-1-2-4-16(13)21-11-14/h1-4,9,11-12,20H,5-8H2. The molecule has 2 aromatic heterocycles. The van der Waals surface area contributed by atoms with Crippen LogP contribution in [0.15, 0.2) is 42.7 Å². The molecule has 0 radical (unpaired) electrons. The third-order valence-electron chi connectivity index (χ3n) is 4.16. The summed E-state index contributed by atoms with van der Waals surface area (Å²) < 4.78 is 0. The van der Waals surface area contributed by atoms with Crippen molar-refractivity contribution in [3.05, 3.63) is 48.3 Å². The van der Waals surface area contributed by atoms with Gasteiger partial charge in [-0.2, -0.15) is 5.26 Å². The highest BCUT2D eigenvalue weighted by atomic mass is 15.3. The average Bonchev–Trinajstić information content (AvgIpc) is 2.68. The number of para-hydroxylation sites is 1. The topological polar surface area (TPSA) is 77.7 Å². The molecule has 24 heavy (non-hydrogen) atoms. The van der Waals surface area contributed by atoms with Crippen LogP contribution in [0.4, 0.5) is 5.95 Å². The summed E-state index contributed by atoms with van der Waals surface area (Å²) >= 11 is 0. The molecule has 118 valence electrons. The minimum atomic E-state index is 0.464. The summed E-state index contributed by atoms with van der Waals surface area (Å²) in [6.07, 6.45) is 3.38. The first-order valence-electron chi connectivity index (χ1n) is 7.93. The van der Waals surface area contributed by atoms with Crippen molar-refractivity contribution in [1.82, 2.24) is 20.3 Å². The van der Waals surface area contributed by atoms with E-state index in [2.05, 4.69) is 31.2 Å². The van der Waals surface area contributed by atoms with Gasteiger partial charge in [0, 0.05) is 43.3 Å². The van der Waals surface area contributed by atoms with Crippen LogP contribution in [0, 0.1) is 11.3 Å². The van der Waals surface area contributed by atoms with Crippen LogP contribution >= 0.6 is 0 Å². The van der Waals surface area contributed by atoms with Crippen LogP contribution in [0.25, 0.3) is 22.2 Å². The first kappa shape index (κ1) is 14.5. The zero-order chi connectivity index (χ0) is 16.4. The second-order valence-electron chi connectivity index (χ2n) is 5.70. The molecule has 3 heterocycles. The van der Waals surface area contributed by atoms with Crippen LogP contribution in [0.2, 0.25) is 0 Å². The number of rotatable bonds is 2. The van der Waals surface area contributed by atoms with Crippen LogP contribution in [-0.2, 0) is 0 Å². The molecule has 1 fully saturated rings. The van der Waals surface area contributed by atoms with E-state index in [0.29, 0.717) is 17.2 Å². The number of fused-ring (bicyclic) bond motifs is 1. The van der Waals surface area contributed by atoms with Gasteiger partial charge in [-0.25, -0.2) is 9.97 Å². The van der Waals surface area contributed by atoms with Gasteiger partial charge in [0.1, 0.15) is 6.07 Å². The number of nitrogens with zero attached hydrogens (tertiary/aromatic N) is 5. The highest BCUT2D eigenvalue weighted by molar-refractivity contribution is 5.83. The smallest absolute Gasteiger partial charge is 0.226 e. The van der Waals surface area contributed by atoms with Crippen molar-refractivity contribution < 1.29 is 0 Å². The van der Waals surface area contributed by atoms with Crippen LogP contribution in [0.3, 0.4) is 0 Å².